The molecule has 2 aromatic rings. The van der Waals surface area contributed by atoms with Gasteiger partial charge in [0.15, 0.2) is 0 Å². The number of aromatic amines is 2. The zero-order valence-corrected chi connectivity index (χ0v) is 11.0. The highest BCUT2D eigenvalue weighted by Crippen LogP contribution is 2.27. The molecule has 0 aliphatic heterocycles. The number of thioether (sulfide) groups is 1. The molecule has 0 atom stereocenters. The number of primary amides is 1. The van der Waals surface area contributed by atoms with Gasteiger partial charge in [-0.05, 0) is 19.1 Å². The summed E-state index contributed by atoms with van der Waals surface area (Å²) in [5, 5.41) is 0.856. The quantitative estimate of drug-likeness (QED) is 0.722. The molecule has 0 bridgehead atoms. The summed E-state index contributed by atoms with van der Waals surface area (Å²) in [7, 11) is 0. The van der Waals surface area contributed by atoms with Gasteiger partial charge in [-0.3, -0.25) is 9.59 Å². The molecule has 6 nitrogen and oxygen atoms in total. The zero-order chi connectivity index (χ0) is 13.3. The van der Waals surface area contributed by atoms with Crippen LogP contribution in [0.5, 0.6) is 0 Å². The van der Waals surface area contributed by atoms with Gasteiger partial charge in [0.2, 0.25) is 0 Å². The second kappa shape index (κ2) is 4.85. The minimum atomic E-state index is -0.615. The maximum absolute atomic E-state index is 11.9. The molecule has 18 heavy (non-hydrogen) atoms. The zero-order valence-electron chi connectivity index (χ0n) is 10.2. The molecule has 0 aromatic carbocycles. The van der Waals surface area contributed by atoms with Crippen molar-refractivity contribution in [3.05, 3.63) is 21.7 Å². The normalized spacial score (nSPS) is 11.0. The molecular formula is C11H14N4O2S. The fourth-order valence-electron chi connectivity index (χ4n) is 1.74. The van der Waals surface area contributed by atoms with Crippen LogP contribution in [-0.2, 0) is 0 Å². The van der Waals surface area contributed by atoms with Gasteiger partial charge in [-0.25, -0.2) is 4.98 Å². The van der Waals surface area contributed by atoms with Crippen LogP contribution in [0.4, 0.5) is 0 Å². The summed E-state index contributed by atoms with van der Waals surface area (Å²) < 4.78 is 0. The molecule has 0 saturated carbocycles. The molecule has 0 unspecified atom stereocenters. The fraction of sp³-hybridized carbons (Fsp3) is 0.364. The van der Waals surface area contributed by atoms with E-state index in [0.29, 0.717) is 16.5 Å². The number of aromatic nitrogens is 3. The third kappa shape index (κ3) is 2.13. The number of fused-ring (bicyclic) bond motifs is 1. The van der Waals surface area contributed by atoms with Crippen molar-refractivity contribution >= 4 is 28.7 Å². The lowest BCUT2D eigenvalue weighted by Gasteiger charge is -1.98. The van der Waals surface area contributed by atoms with E-state index in [1.165, 1.54) is 11.8 Å². The minimum Gasteiger partial charge on any atom is -0.365 e. The Morgan fingerprint density at radius 2 is 2.17 bits per heavy atom. The third-order valence-corrected chi connectivity index (χ3v) is 3.65. The predicted molar refractivity (Wildman–Crippen MR) is 71.0 cm³/mol. The highest BCUT2D eigenvalue weighted by atomic mass is 32.2. The molecule has 0 aliphatic rings. The molecular weight excluding hydrogens is 252 g/mol. The first-order chi connectivity index (χ1) is 8.54. The van der Waals surface area contributed by atoms with E-state index in [0.717, 1.165) is 12.2 Å². The van der Waals surface area contributed by atoms with Gasteiger partial charge in [-0.2, -0.15) is 0 Å². The Balaban J connectivity index is 2.72. The van der Waals surface area contributed by atoms with Gasteiger partial charge in [-0.1, -0.05) is 6.92 Å². The maximum Gasteiger partial charge on any atom is 0.261 e. The van der Waals surface area contributed by atoms with Gasteiger partial charge in [0.25, 0.3) is 11.5 Å². The van der Waals surface area contributed by atoms with E-state index in [4.69, 9.17) is 5.73 Å². The van der Waals surface area contributed by atoms with Crippen LogP contribution < -0.4 is 11.3 Å². The molecule has 2 heterocycles. The number of carbonyl (C=O) groups excluding carboxylic acids is 1. The highest BCUT2D eigenvalue weighted by molar-refractivity contribution is 7.99. The standard InChI is InChI=1S/C11H14N4O2S/c1-3-4-18-11-6(8(12)16)7-9(15-11)13-5(2)14-10(7)17/h3-4H2,1-2H3,(H2,12,16)(H2,13,14,15,17). The number of H-pyrrole nitrogens is 2. The first-order valence-electron chi connectivity index (χ1n) is 5.59. The van der Waals surface area contributed by atoms with Gasteiger partial charge < -0.3 is 15.7 Å². The van der Waals surface area contributed by atoms with Crippen molar-refractivity contribution in [1.82, 2.24) is 15.0 Å². The fourth-order valence-corrected chi connectivity index (χ4v) is 2.66. The second-order valence-corrected chi connectivity index (χ2v) is 5.02. The molecule has 0 fully saturated rings. The molecule has 0 saturated heterocycles. The van der Waals surface area contributed by atoms with E-state index in [-0.39, 0.29) is 16.5 Å². The van der Waals surface area contributed by atoms with Crippen molar-refractivity contribution in [2.45, 2.75) is 25.3 Å². The Hall–Kier alpha value is -1.76. The van der Waals surface area contributed by atoms with Crippen LogP contribution in [0.15, 0.2) is 9.82 Å². The number of amides is 1. The van der Waals surface area contributed by atoms with Crippen LogP contribution in [-0.4, -0.2) is 26.6 Å². The van der Waals surface area contributed by atoms with Crippen LogP contribution in [0.3, 0.4) is 0 Å². The number of rotatable bonds is 4. The number of nitrogens with two attached hydrogens (primary N) is 1. The molecule has 2 aromatic heterocycles. The van der Waals surface area contributed by atoms with E-state index >= 15 is 0 Å². The van der Waals surface area contributed by atoms with Gasteiger partial charge >= 0.3 is 0 Å². The summed E-state index contributed by atoms with van der Waals surface area (Å²) in [4.78, 5) is 33.1. The monoisotopic (exact) mass is 266 g/mol. The van der Waals surface area contributed by atoms with Gasteiger partial charge in [-0.15, -0.1) is 11.8 Å². The Morgan fingerprint density at radius 1 is 1.44 bits per heavy atom. The lowest BCUT2D eigenvalue weighted by atomic mass is 10.2. The Bertz CT molecular complexity index is 659. The summed E-state index contributed by atoms with van der Waals surface area (Å²) in [5.74, 6) is 0.720. The highest BCUT2D eigenvalue weighted by Gasteiger charge is 2.20. The summed E-state index contributed by atoms with van der Waals surface area (Å²) in [6, 6.07) is 0. The van der Waals surface area contributed by atoms with E-state index < -0.39 is 5.91 Å². The van der Waals surface area contributed by atoms with Crippen molar-refractivity contribution in [1.29, 1.82) is 0 Å². The van der Waals surface area contributed by atoms with Crippen molar-refractivity contribution in [2.24, 2.45) is 5.73 Å². The number of aryl methyl sites for hydroxylation is 1. The Kier molecular flexibility index (Phi) is 3.42. The van der Waals surface area contributed by atoms with Gasteiger partial charge in [0.05, 0.1) is 16.0 Å². The Labute approximate surface area is 107 Å². The lowest BCUT2D eigenvalue weighted by Crippen LogP contribution is -2.16. The van der Waals surface area contributed by atoms with Crippen molar-refractivity contribution in [3.8, 4) is 0 Å². The van der Waals surface area contributed by atoms with Crippen LogP contribution in [0.25, 0.3) is 11.0 Å². The maximum atomic E-state index is 11.9. The average Bonchev–Trinajstić information content (AvgIpc) is 2.64. The number of hydrogen-bond donors (Lipinski definition) is 3. The van der Waals surface area contributed by atoms with Crippen molar-refractivity contribution < 1.29 is 4.79 Å². The summed E-state index contributed by atoms with van der Waals surface area (Å²) in [5.41, 5.74) is 5.65. The lowest BCUT2D eigenvalue weighted by molar-refractivity contribution is 0.0999. The third-order valence-electron chi connectivity index (χ3n) is 2.44. The molecule has 0 aliphatic carbocycles. The molecule has 0 radical (unpaired) electrons. The van der Waals surface area contributed by atoms with Crippen LogP contribution in [0.2, 0.25) is 0 Å². The molecule has 1 amide bonds. The number of carbonyl (C=O) groups is 1. The van der Waals surface area contributed by atoms with Crippen molar-refractivity contribution in [2.75, 3.05) is 5.75 Å². The summed E-state index contributed by atoms with van der Waals surface area (Å²) >= 11 is 1.47. The number of nitrogens with zero attached hydrogens (tertiary/aromatic N) is 1. The first-order valence-corrected chi connectivity index (χ1v) is 6.58. The second-order valence-electron chi connectivity index (χ2n) is 3.92. The van der Waals surface area contributed by atoms with E-state index in [1.807, 2.05) is 6.92 Å². The summed E-state index contributed by atoms with van der Waals surface area (Å²) in [6.45, 7) is 3.72. The topological polar surface area (TPSA) is 105 Å². The number of nitrogens with one attached hydrogen (secondary N) is 2. The van der Waals surface area contributed by atoms with Crippen molar-refractivity contribution in [3.63, 3.8) is 0 Å². The Morgan fingerprint density at radius 3 is 2.78 bits per heavy atom. The van der Waals surface area contributed by atoms with E-state index in [9.17, 15) is 9.59 Å². The van der Waals surface area contributed by atoms with E-state index in [1.54, 1.807) is 6.92 Å². The predicted octanol–water partition coefficient (Wildman–Crippen LogP) is 1.16. The SMILES string of the molecule is CCCSc1[nH]c2nc(C)[nH]c(=O)c2c1C(N)=O. The summed E-state index contributed by atoms with van der Waals surface area (Å²) in [6.07, 6.45) is 0.959. The molecule has 0 spiro atoms. The van der Waals surface area contributed by atoms with Crippen LogP contribution in [0.1, 0.15) is 29.5 Å². The molecule has 7 heteroatoms. The molecule has 96 valence electrons. The largest absolute Gasteiger partial charge is 0.365 e. The van der Waals surface area contributed by atoms with Crippen LogP contribution in [0, 0.1) is 6.92 Å². The van der Waals surface area contributed by atoms with Gasteiger partial charge in [0, 0.05) is 0 Å². The van der Waals surface area contributed by atoms with Crippen LogP contribution >= 0.6 is 11.8 Å². The molecule has 2 rings (SSSR count). The first kappa shape index (κ1) is 12.7. The minimum absolute atomic E-state index is 0.234. The molecule has 4 N–H and O–H groups in total. The van der Waals surface area contributed by atoms with Gasteiger partial charge in [0.1, 0.15) is 11.5 Å². The van der Waals surface area contributed by atoms with E-state index in [2.05, 4.69) is 15.0 Å². The smallest absolute Gasteiger partial charge is 0.261 e. The number of hydrogen-bond acceptors (Lipinski definition) is 4. The average molecular weight is 266 g/mol.